The Morgan fingerprint density at radius 2 is 1.54 bits per heavy atom. The molecule has 3 rings (SSSR count). The topological polar surface area (TPSA) is 20.2 Å². The number of hydrogen-bond acceptors (Lipinski definition) is 4. The fourth-order valence-corrected chi connectivity index (χ4v) is 6.81. The van der Waals surface area contributed by atoms with Crippen molar-refractivity contribution >= 4 is 34.0 Å². The van der Waals surface area contributed by atoms with Gasteiger partial charge in [0.05, 0.1) is 4.88 Å². The molecular weight excluding hydrogens is 352 g/mol. The van der Waals surface area contributed by atoms with E-state index in [1.807, 2.05) is 28.1 Å². The average Bonchev–Trinajstić information content (AvgIpc) is 3.26. The smallest absolute Gasteiger partial charge is 0.130 e. The van der Waals surface area contributed by atoms with Crippen LogP contribution in [0.5, 0.6) is 5.75 Å². The molecule has 0 fully saturated rings. The molecule has 1 atom stereocenters. The SMILES string of the molecule is CCC(C)(c1ccc(C(C)(C)c2sccc2O)s1)c1sccc1C. The fourth-order valence-electron chi connectivity index (χ4n) is 3.24. The molecule has 0 aliphatic heterocycles. The van der Waals surface area contributed by atoms with Crippen molar-refractivity contribution in [1.29, 1.82) is 0 Å². The molecule has 1 unspecified atom stereocenters. The molecule has 0 aliphatic rings. The van der Waals surface area contributed by atoms with Gasteiger partial charge in [0.15, 0.2) is 0 Å². The lowest BCUT2D eigenvalue weighted by Crippen LogP contribution is -2.21. The predicted molar refractivity (Wildman–Crippen MR) is 108 cm³/mol. The van der Waals surface area contributed by atoms with Crippen molar-refractivity contribution < 1.29 is 5.11 Å². The number of rotatable bonds is 5. The van der Waals surface area contributed by atoms with E-state index in [2.05, 4.69) is 58.2 Å². The highest BCUT2D eigenvalue weighted by atomic mass is 32.1. The Balaban J connectivity index is 2.04. The largest absolute Gasteiger partial charge is 0.507 e. The molecule has 0 radical (unpaired) electrons. The minimum Gasteiger partial charge on any atom is -0.507 e. The molecule has 24 heavy (non-hydrogen) atoms. The van der Waals surface area contributed by atoms with E-state index in [0.29, 0.717) is 5.75 Å². The molecule has 0 aliphatic carbocycles. The van der Waals surface area contributed by atoms with Crippen molar-refractivity contribution in [3.63, 3.8) is 0 Å². The van der Waals surface area contributed by atoms with Crippen molar-refractivity contribution in [2.45, 2.75) is 51.9 Å². The summed E-state index contributed by atoms with van der Waals surface area (Å²) in [5.74, 6) is 0.410. The van der Waals surface area contributed by atoms with Gasteiger partial charge in [-0.25, -0.2) is 0 Å². The van der Waals surface area contributed by atoms with E-state index in [9.17, 15) is 5.11 Å². The highest BCUT2D eigenvalue weighted by Crippen LogP contribution is 2.47. The second-order valence-electron chi connectivity index (χ2n) is 7.04. The van der Waals surface area contributed by atoms with Crippen LogP contribution in [0.15, 0.2) is 35.0 Å². The summed E-state index contributed by atoms with van der Waals surface area (Å²) in [6, 6.07) is 8.54. The molecule has 1 N–H and O–H groups in total. The van der Waals surface area contributed by atoms with E-state index in [-0.39, 0.29) is 10.8 Å². The Morgan fingerprint density at radius 3 is 2.08 bits per heavy atom. The maximum atomic E-state index is 10.2. The third kappa shape index (κ3) is 2.75. The van der Waals surface area contributed by atoms with Crippen LogP contribution in [0.25, 0.3) is 0 Å². The first-order chi connectivity index (χ1) is 11.3. The summed E-state index contributed by atoms with van der Waals surface area (Å²) in [5, 5.41) is 14.3. The van der Waals surface area contributed by atoms with Gasteiger partial charge in [-0.1, -0.05) is 6.92 Å². The van der Waals surface area contributed by atoms with Gasteiger partial charge in [0, 0.05) is 25.5 Å². The average molecular weight is 377 g/mol. The number of aryl methyl sites for hydroxylation is 1. The molecule has 1 nitrogen and oxygen atoms in total. The Hall–Kier alpha value is -1.10. The molecule has 0 bridgehead atoms. The predicted octanol–water partition coefficient (Wildman–Crippen LogP) is 6.93. The maximum Gasteiger partial charge on any atom is 0.130 e. The van der Waals surface area contributed by atoms with Gasteiger partial charge in [-0.15, -0.1) is 34.0 Å². The van der Waals surface area contributed by atoms with Crippen LogP contribution in [0.2, 0.25) is 0 Å². The van der Waals surface area contributed by atoms with Gasteiger partial charge in [0.1, 0.15) is 5.75 Å². The Bertz CT molecular complexity index is 837. The molecule has 3 heterocycles. The summed E-state index contributed by atoms with van der Waals surface area (Å²) in [5.41, 5.74) is 1.28. The molecule has 4 heteroatoms. The Labute approximate surface area is 156 Å². The monoisotopic (exact) mass is 376 g/mol. The van der Waals surface area contributed by atoms with Crippen LogP contribution in [-0.2, 0) is 10.8 Å². The van der Waals surface area contributed by atoms with Gasteiger partial charge in [-0.2, -0.15) is 0 Å². The van der Waals surface area contributed by atoms with E-state index in [1.165, 1.54) is 20.2 Å². The standard InChI is InChI=1S/C20H24OS3/c1-6-20(5,17-13(2)9-11-22-17)16-8-7-15(24-16)19(3,4)18-14(21)10-12-23-18/h7-12,21H,6H2,1-5H3. The van der Waals surface area contributed by atoms with Gasteiger partial charge in [-0.3, -0.25) is 0 Å². The lowest BCUT2D eigenvalue weighted by Gasteiger charge is -2.28. The zero-order chi connectivity index (χ0) is 17.5. The summed E-state index contributed by atoms with van der Waals surface area (Å²) in [6.45, 7) is 11.2. The van der Waals surface area contributed by atoms with Crippen LogP contribution in [0.4, 0.5) is 0 Å². The second-order valence-corrected chi connectivity index (χ2v) is 9.96. The second kappa shape index (κ2) is 6.32. The molecule has 3 aromatic heterocycles. The van der Waals surface area contributed by atoms with Gasteiger partial charge in [-0.05, 0) is 74.7 Å². The molecule has 0 aromatic carbocycles. The first-order valence-corrected chi connectivity index (χ1v) is 10.8. The summed E-state index contributed by atoms with van der Waals surface area (Å²) >= 11 is 5.38. The molecule has 3 aromatic rings. The normalized spacial score (nSPS) is 14.7. The van der Waals surface area contributed by atoms with Gasteiger partial charge >= 0.3 is 0 Å². The summed E-state index contributed by atoms with van der Waals surface area (Å²) in [6.07, 6.45) is 1.08. The third-order valence-electron chi connectivity index (χ3n) is 5.05. The van der Waals surface area contributed by atoms with Crippen LogP contribution in [-0.4, -0.2) is 5.11 Å². The Kier molecular flexibility index (Phi) is 4.67. The number of thiophene rings is 3. The van der Waals surface area contributed by atoms with Crippen molar-refractivity contribution in [2.24, 2.45) is 0 Å². The summed E-state index contributed by atoms with van der Waals surface area (Å²) < 4.78 is 0. The van der Waals surface area contributed by atoms with Crippen LogP contribution in [0.1, 0.15) is 59.2 Å². The highest BCUT2D eigenvalue weighted by molar-refractivity contribution is 7.14. The molecule has 0 amide bonds. The lowest BCUT2D eigenvalue weighted by molar-refractivity contribution is 0.460. The van der Waals surface area contributed by atoms with Crippen molar-refractivity contribution in [2.75, 3.05) is 0 Å². The number of hydrogen-bond donors (Lipinski definition) is 1. The third-order valence-corrected chi connectivity index (χ3v) is 9.23. The van der Waals surface area contributed by atoms with E-state index < -0.39 is 0 Å². The lowest BCUT2D eigenvalue weighted by atomic mass is 9.82. The molecule has 0 saturated carbocycles. The zero-order valence-corrected chi connectivity index (χ0v) is 17.3. The van der Waals surface area contributed by atoms with Gasteiger partial charge in [0.25, 0.3) is 0 Å². The fraction of sp³-hybridized carbons (Fsp3) is 0.400. The molecule has 0 spiro atoms. The van der Waals surface area contributed by atoms with Crippen LogP contribution >= 0.6 is 34.0 Å². The quantitative estimate of drug-likeness (QED) is 0.512. The van der Waals surface area contributed by atoms with Crippen LogP contribution in [0, 0.1) is 6.92 Å². The molecule has 128 valence electrons. The van der Waals surface area contributed by atoms with E-state index in [1.54, 1.807) is 17.4 Å². The van der Waals surface area contributed by atoms with Crippen LogP contribution < -0.4 is 0 Å². The summed E-state index contributed by atoms with van der Waals surface area (Å²) in [7, 11) is 0. The zero-order valence-electron chi connectivity index (χ0n) is 14.8. The minimum absolute atomic E-state index is 0.0642. The minimum atomic E-state index is -0.166. The first-order valence-electron chi connectivity index (χ1n) is 8.23. The van der Waals surface area contributed by atoms with Crippen molar-refractivity contribution in [1.82, 2.24) is 0 Å². The first kappa shape index (κ1) is 17.7. The van der Waals surface area contributed by atoms with E-state index >= 15 is 0 Å². The van der Waals surface area contributed by atoms with E-state index in [0.717, 1.165) is 11.3 Å². The van der Waals surface area contributed by atoms with Crippen molar-refractivity contribution in [3.05, 3.63) is 60.1 Å². The maximum absolute atomic E-state index is 10.2. The summed E-state index contributed by atoms with van der Waals surface area (Å²) in [4.78, 5) is 5.23. The molecular formula is C20H24OS3. The Morgan fingerprint density at radius 1 is 0.917 bits per heavy atom. The molecule has 0 saturated heterocycles. The van der Waals surface area contributed by atoms with Crippen molar-refractivity contribution in [3.8, 4) is 5.75 Å². The van der Waals surface area contributed by atoms with E-state index in [4.69, 9.17) is 0 Å². The van der Waals surface area contributed by atoms with Gasteiger partial charge < -0.3 is 5.11 Å². The number of aromatic hydroxyl groups is 1. The van der Waals surface area contributed by atoms with Gasteiger partial charge in [0.2, 0.25) is 0 Å². The highest BCUT2D eigenvalue weighted by Gasteiger charge is 2.34. The van der Waals surface area contributed by atoms with Crippen LogP contribution in [0.3, 0.4) is 0 Å².